The van der Waals surface area contributed by atoms with Crippen molar-refractivity contribution in [3.8, 4) is 5.75 Å². The largest absolute Gasteiger partial charge is 0.497 e. The number of benzene rings is 2. The molecular weight excluding hydrogens is 318 g/mol. The standard InChI is InChI=1S/C20H23NO4/c1-21(19(22)13-25-20(23)15-4-3-5-15)12-14-6-7-17-11-18(24-2)9-8-16(17)10-14/h6-11,15H,3-5,12-13H2,1-2H3. The Bertz CT molecular complexity index is 782. The molecule has 0 aromatic heterocycles. The van der Waals surface area contributed by atoms with E-state index in [1.165, 1.54) is 0 Å². The zero-order chi connectivity index (χ0) is 17.8. The summed E-state index contributed by atoms with van der Waals surface area (Å²) < 4.78 is 10.3. The van der Waals surface area contributed by atoms with Gasteiger partial charge in [0.2, 0.25) is 0 Å². The highest BCUT2D eigenvalue weighted by atomic mass is 16.5. The average molecular weight is 341 g/mol. The number of likely N-dealkylation sites (N-methyl/N-ethyl adjacent to an activating group) is 1. The van der Waals surface area contributed by atoms with Crippen molar-refractivity contribution in [1.82, 2.24) is 4.90 Å². The van der Waals surface area contributed by atoms with Crippen LogP contribution >= 0.6 is 0 Å². The summed E-state index contributed by atoms with van der Waals surface area (Å²) >= 11 is 0. The third kappa shape index (κ3) is 4.10. The van der Waals surface area contributed by atoms with Gasteiger partial charge >= 0.3 is 5.97 Å². The molecule has 1 aliphatic carbocycles. The molecule has 25 heavy (non-hydrogen) atoms. The van der Waals surface area contributed by atoms with E-state index in [-0.39, 0.29) is 24.4 Å². The van der Waals surface area contributed by atoms with Crippen LogP contribution in [-0.2, 0) is 20.9 Å². The molecule has 0 aliphatic heterocycles. The van der Waals surface area contributed by atoms with Crippen LogP contribution in [0.1, 0.15) is 24.8 Å². The zero-order valence-electron chi connectivity index (χ0n) is 14.7. The van der Waals surface area contributed by atoms with Gasteiger partial charge in [-0.05, 0) is 47.4 Å². The minimum Gasteiger partial charge on any atom is -0.497 e. The Hall–Kier alpha value is -2.56. The monoisotopic (exact) mass is 341 g/mol. The van der Waals surface area contributed by atoms with E-state index in [9.17, 15) is 9.59 Å². The van der Waals surface area contributed by atoms with Crippen LogP contribution in [0.25, 0.3) is 10.8 Å². The van der Waals surface area contributed by atoms with Crippen molar-refractivity contribution < 1.29 is 19.1 Å². The number of amides is 1. The molecule has 0 radical (unpaired) electrons. The van der Waals surface area contributed by atoms with E-state index >= 15 is 0 Å². The molecular formula is C20H23NO4. The normalized spacial score (nSPS) is 14.0. The van der Waals surface area contributed by atoms with Crippen molar-refractivity contribution in [2.45, 2.75) is 25.8 Å². The topological polar surface area (TPSA) is 55.8 Å². The molecule has 2 aromatic carbocycles. The number of hydrogen-bond acceptors (Lipinski definition) is 4. The van der Waals surface area contributed by atoms with Gasteiger partial charge in [0, 0.05) is 13.6 Å². The number of esters is 1. The molecule has 1 fully saturated rings. The van der Waals surface area contributed by atoms with Gasteiger partial charge in [-0.15, -0.1) is 0 Å². The fourth-order valence-electron chi connectivity index (χ4n) is 2.87. The molecule has 0 spiro atoms. The van der Waals surface area contributed by atoms with Gasteiger partial charge in [0.25, 0.3) is 5.91 Å². The number of methoxy groups -OCH3 is 1. The van der Waals surface area contributed by atoms with Crippen molar-refractivity contribution in [3.63, 3.8) is 0 Å². The predicted molar refractivity (Wildman–Crippen MR) is 95.3 cm³/mol. The van der Waals surface area contributed by atoms with E-state index in [1.54, 1.807) is 19.1 Å². The van der Waals surface area contributed by atoms with Crippen LogP contribution in [0.15, 0.2) is 36.4 Å². The highest BCUT2D eigenvalue weighted by Gasteiger charge is 2.27. The molecule has 5 heteroatoms. The van der Waals surface area contributed by atoms with E-state index in [0.29, 0.717) is 6.54 Å². The fourth-order valence-corrected chi connectivity index (χ4v) is 2.87. The second-order valence-corrected chi connectivity index (χ2v) is 6.53. The molecule has 1 saturated carbocycles. The fraction of sp³-hybridized carbons (Fsp3) is 0.400. The number of hydrogen-bond donors (Lipinski definition) is 0. The number of nitrogens with zero attached hydrogens (tertiary/aromatic N) is 1. The number of rotatable bonds is 6. The maximum absolute atomic E-state index is 12.2. The highest BCUT2D eigenvalue weighted by Crippen LogP contribution is 2.27. The maximum atomic E-state index is 12.2. The Morgan fingerprint density at radius 3 is 2.52 bits per heavy atom. The first-order valence-corrected chi connectivity index (χ1v) is 8.54. The summed E-state index contributed by atoms with van der Waals surface area (Å²) in [5, 5.41) is 2.18. The van der Waals surface area contributed by atoms with Crippen molar-refractivity contribution in [2.24, 2.45) is 5.92 Å². The molecule has 0 unspecified atom stereocenters. The molecule has 0 saturated heterocycles. The molecule has 1 amide bonds. The Morgan fingerprint density at radius 2 is 1.84 bits per heavy atom. The van der Waals surface area contributed by atoms with E-state index < -0.39 is 0 Å². The highest BCUT2D eigenvalue weighted by molar-refractivity contribution is 5.85. The van der Waals surface area contributed by atoms with Gasteiger partial charge in [-0.1, -0.05) is 24.6 Å². The smallest absolute Gasteiger partial charge is 0.309 e. The van der Waals surface area contributed by atoms with Gasteiger partial charge in [-0.3, -0.25) is 9.59 Å². The van der Waals surface area contributed by atoms with Crippen LogP contribution < -0.4 is 4.74 Å². The second-order valence-electron chi connectivity index (χ2n) is 6.53. The van der Waals surface area contributed by atoms with Gasteiger partial charge in [0.15, 0.2) is 6.61 Å². The van der Waals surface area contributed by atoms with E-state index in [1.807, 2.05) is 30.3 Å². The first kappa shape index (κ1) is 17.3. The average Bonchev–Trinajstić information content (AvgIpc) is 2.57. The molecule has 0 N–H and O–H groups in total. The summed E-state index contributed by atoms with van der Waals surface area (Å²) in [4.78, 5) is 25.4. The first-order valence-electron chi connectivity index (χ1n) is 8.54. The number of ether oxygens (including phenoxy) is 2. The zero-order valence-corrected chi connectivity index (χ0v) is 14.7. The minimum absolute atomic E-state index is 0.00409. The maximum Gasteiger partial charge on any atom is 0.309 e. The molecule has 0 bridgehead atoms. The predicted octanol–water partition coefficient (Wildman–Crippen LogP) is 3.15. The molecule has 0 heterocycles. The third-order valence-corrected chi connectivity index (χ3v) is 4.73. The summed E-state index contributed by atoms with van der Waals surface area (Å²) in [6, 6.07) is 12.0. The molecule has 132 valence electrons. The molecule has 2 aromatic rings. The minimum atomic E-state index is -0.243. The van der Waals surface area contributed by atoms with Gasteiger partial charge in [-0.25, -0.2) is 0 Å². The van der Waals surface area contributed by atoms with Gasteiger partial charge in [0.05, 0.1) is 13.0 Å². The summed E-state index contributed by atoms with van der Waals surface area (Å²) in [6.45, 7) is 0.290. The second kappa shape index (κ2) is 7.55. The lowest BCUT2D eigenvalue weighted by atomic mass is 9.86. The number of carbonyl (C=O) groups is 2. The van der Waals surface area contributed by atoms with E-state index in [4.69, 9.17) is 9.47 Å². The summed E-state index contributed by atoms with van der Waals surface area (Å²) in [5.74, 6) is 0.381. The summed E-state index contributed by atoms with van der Waals surface area (Å²) in [6.07, 6.45) is 2.83. The quantitative estimate of drug-likeness (QED) is 0.758. The Balaban J connectivity index is 1.57. The van der Waals surface area contributed by atoms with Crippen LogP contribution in [0, 0.1) is 5.92 Å². The van der Waals surface area contributed by atoms with Crippen molar-refractivity contribution >= 4 is 22.6 Å². The van der Waals surface area contributed by atoms with Gasteiger partial charge < -0.3 is 14.4 Å². The lowest BCUT2D eigenvalue weighted by molar-refractivity contribution is -0.157. The SMILES string of the molecule is COc1ccc2cc(CN(C)C(=O)COC(=O)C3CCC3)ccc2c1. The molecule has 0 atom stereocenters. The Kier molecular flexibility index (Phi) is 5.22. The number of fused-ring (bicyclic) bond motifs is 1. The summed E-state index contributed by atoms with van der Waals surface area (Å²) in [5.41, 5.74) is 1.03. The summed E-state index contributed by atoms with van der Waals surface area (Å²) in [7, 11) is 3.37. The van der Waals surface area contributed by atoms with Crippen LogP contribution in [0.3, 0.4) is 0 Å². The van der Waals surface area contributed by atoms with Crippen LogP contribution in [0.2, 0.25) is 0 Å². The lowest BCUT2D eigenvalue weighted by Gasteiger charge is -2.24. The Labute approximate surface area is 147 Å². The molecule has 5 nitrogen and oxygen atoms in total. The third-order valence-electron chi connectivity index (χ3n) is 4.73. The van der Waals surface area contributed by atoms with Crippen LogP contribution in [-0.4, -0.2) is 37.5 Å². The van der Waals surface area contributed by atoms with Crippen molar-refractivity contribution in [3.05, 3.63) is 42.0 Å². The van der Waals surface area contributed by atoms with Crippen molar-refractivity contribution in [2.75, 3.05) is 20.8 Å². The van der Waals surface area contributed by atoms with Crippen molar-refractivity contribution in [1.29, 1.82) is 0 Å². The van der Waals surface area contributed by atoms with Crippen LogP contribution in [0.5, 0.6) is 5.75 Å². The van der Waals surface area contributed by atoms with Gasteiger partial charge in [-0.2, -0.15) is 0 Å². The van der Waals surface area contributed by atoms with Gasteiger partial charge in [0.1, 0.15) is 5.75 Å². The lowest BCUT2D eigenvalue weighted by Crippen LogP contribution is -2.33. The van der Waals surface area contributed by atoms with Crippen LogP contribution in [0.4, 0.5) is 0 Å². The number of carbonyl (C=O) groups excluding carboxylic acids is 2. The molecule has 1 aliphatic rings. The van der Waals surface area contributed by atoms with E-state index in [0.717, 1.165) is 41.3 Å². The Morgan fingerprint density at radius 1 is 1.12 bits per heavy atom. The van der Waals surface area contributed by atoms with E-state index in [2.05, 4.69) is 6.07 Å². The first-order chi connectivity index (χ1) is 12.1. The molecule has 3 rings (SSSR count).